The lowest BCUT2D eigenvalue weighted by Crippen LogP contribution is -2.03. The first-order valence-corrected chi connectivity index (χ1v) is 7.91. The molecule has 0 spiro atoms. The number of benzene rings is 2. The van der Waals surface area contributed by atoms with Crippen molar-refractivity contribution >= 4 is 28.9 Å². The topological polar surface area (TPSA) is 80.1 Å². The Morgan fingerprint density at radius 3 is 2.60 bits per heavy atom. The van der Waals surface area contributed by atoms with E-state index >= 15 is 0 Å². The van der Waals surface area contributed by atoms with Crippen molar-refractivity contribution in [1.29, 1.82) is 0 Å². The average molecular weight is 331 g/mol. The molecule has 0 radical (unpaired) electrons. The molecule has 1 aliphatic heterocycles. The van der Waals surface area contributed by atoms with Gasteiger partial charge < -0.3 is 20.8 Å². The van der Waals surface area contributed by atoms with Gasteiger partial charge in [0.2, 0.25) is 0 Å². The summed E-state index contributed by atoms with van der Waals surface area (Å²) < 4.78 is 5.33. The van der Waals surface area contributed by atoms with Crippen molar-refractivity contribution in [2.45, 2.75) is 0 Å². The number of aromatic amines is 1. The fourth-order valence-corrected chi connectivity index (χ4v) is 3.16. The first-order valence-electron chi connectivity index (χ1n) is 7.91. The number of nitrogens with one attached hydrogen (secondary N) is 2. The van der Waals surface area contributed by atoms with E-state index in [1.807, 2.05) is 48.5 Å². The average Bonchev–Trinajstić information content (AvgIpc) is 3.21. The van der Waals surface area contributed by atoms with Crippen molar-refractivity contribution < 1.29 is 9.53 Å². The number of hydrogen-bond donors (Lipinski definition) is 3. The van der Waals surface area contributed by atoms with E-state index in [-0.39, 0.29) is 5.91 Å². The summed E-state index contributed by atoms with van der Waals surface area (Å²) >= 11 is 0. The van der Waals surface area contributed by atoms with Crippen LogP contribution in [0.4, 0.5) is 11.4 Å². The Morgan fingerprint density at radius 1 is 1.04 bits per heavy atom. The van der Waals surface area contributed by atoms with Gasteiger partial charge in [-0.3, -0.25) is 4.79 Å². The minimum Gasteiger partial charge on any atom is -0.495 e. The summed E-state index contributed by atoms with van der Waals surface area (Å²) in [5, 5.41) is 2.92. The van der Waals surface area contributed by atoms with Gasteiger partial charge in [-0.25, -0.2) is 0 Å². The lowest BCUT2D eigenvalue weighted by Gasteiger charge is -2.12. The number of nitrogens with two attached hydrogens (primary N) is 1. The maximum absolute atomic E-state index is 12.6. The van der Waals surface area contributed by atoms with Gasteiger partial charge in [0.25, 0.3) is 5.91 Å². The van der Waals surface area contributed by atoms with Crippen LogP contribution in [0.15, 0.2) is 54.7 Å². The molecule has 124 valence electrons. The van der Waals surface area contributed by atoms with E-state index in [1.165, 1.54) is 0 Å². The van der Waals surface area contributed by atoms with Gasteiger partial charge in [0.1, 0.15) is 5.75 Å². The van der Waals surface area contributed by atoms with Gasteiger partial charge in [0, 0.05) is 28.7 Å². The van der Waals surface area contributed by atoms with Crippen molar-refractivity contribution in [2.24, 2.45) is 0 Å². The Bertz CT molecular complexity index is 987. The van der Waals surface area contributed by atoms with E-state index in [0.717, 1.165) is 28.1 Å². The second-order valence-corrected chi connectivity index (χ2v) is 5.79. The molecule has 0 atom stereocenters. The fraction of sp³-hybridized carbons (Fsp3) is 0.0500. The van der Waals surface area contributed by atoms with Crippen molar-refractivity contribution in [3.63, 3.8) is 0 Å². The van der Waals surface area contributed by atoms with Crippen molar-refractivity contribution in [3.8, 4) is 16.9 Å². The van der Waals surface area contributed by atoms with E-state index in [0.29, 0.717) is 17.0 Å². The number of anilines is 2. The Balaban J connectivity index is 1.96. The summed E-state index contributed by atoms with van der Waals surface area (Å²) in [4.78, 5) is 15.7. The molecule has 5 heteroatoms. The molecule has 2 heterocycles. The Hall–Kier alpha value is -3.47. The molecule has 0 saturated carbocycles. The number of rotatable bonds is 3. The minimum absolute atomic E-state index is 0.158. The number of aromatic nitrogens is 1. The second-order valence-electron chi connectivity index (χ2n) is 5.79. The molecule has 5 nitrogen and oxygen atoms in total. The highest BCUT2D eigenvalue weighted by Gasteiger charge is 2.29. The van der Waals surface area contributed by atoms with Crippen LogP contribution in [0, 0.1) is 0 Å². The normalized spacial score (nSPS) is 14.4. The number of methoxy groups -OCH3 is 1. The number of nitrogen functional groups attached to an aromatic ring is 1. The zero-order valence-corrected chi connectivity index (χ0v) is 13.7. The van der Waals surface area contributed by atoms with Gasteiger partial charge in [-0.15, -0.1) is 0 Å². The smallest absolute Gasteiger partial charge is 0.256 e. The van der Waals surface area contributed by atoms with E-state index in [9.17, 15) is 4.79 Å². The highest BCUT2D eigenvalue weighted by Crippen LogP contribution is 2.43. The molecule has 0 aliphatic carbocycles. The monoisotopic (exact) mass is 331 g/mol. The quantitative estimate of drug-likeness (QED) is 0.505. The molecule has 0 saturated heterocycles. The summed E-state index contributed by atoms with van der Waals surface area (Å²) in [6.45, 7) is 0. The number of hydrogen-bond acceptors (Lipinski definition) is 3. The molecule has 1 amide bonds. The van der Waals surface area contributed by atoms with Gasteiger partial charge >= 0.3 is 0 Å². The number of ether oxygens (including phenoxy) is 1. The predicted octanol–water partition coefficient (Wildman–Crippen LogP) is 3.77. The van der Waals surface area contributed by atoms with Crippen LogP contribution in [0.3, 0.4) is 0 Å². The molecule has 0 unspecified atom stereocenters. The SMILES string of the molecule is COc1cc[nH]c1C=C1C(=O)Nc2ccc(N)c(-c3ccccc3)c21. The van der Waals surface area contributed by atoms with Crippen molar-refractivity contribution in [1.82, 2.24) is 4.98 Å². The molecule has 2 aromatic carbocycles. The van der Waals surface area contributed by atoms with Gasteiger partial charge in [0.15, 0.2) is 0 Å². The molecule has 0 bridgehead atoms. The van der Waals surface area contributed by atoms with Crippen LogP contribution in [0.2, 0.25) is 0 Å². The van der Waals surface area contributed by atoms with E-state index in [1.54, 1.807) is 19.4 Å². The van der Waals surface area contributed by atoms with Crippen molar-refractivity contribution in [3.05, 3.63) is 66.0 Å². The standard InChI is InChI=1S/C20H17N3O2/c1-25-17-9-10-22-16(17)11-13-19-15(23-20(13)24)8-7-14(21)18(19)12-5-3-2-4-6-12/h2-11,22H,21H2,1H3,(H,23,24). The third kappa shape index (κ3) is 2.46. The second kappa shape index (κ2) is 5.87. The summed E-state index contributed by atoms with van der Waals surface area (Å²) in [6.07, 6.45) is 3.57. The minimum atomic E-state index is -0.158. The first-order chi connectivity index (χ1) is 12.2. The zero-order chi connectivity index (χ0) is 17.4. The Morgan fingerprint density at radius 2 is 1.84 bits per heavy atom. The van der Waals surface area contributed by atoms with Crippen LogP contribution in [0.5, 0.6) is 5.75 Å². The highest BCUT2D eigenvalue weighted by molar-refractivity contribution is 6.36. The van der Waals surface area contributed by atoms with Gasteiger partial charge in [0.05, 0.1) is 18.4 Å². The molecule has 3 aromatic rings. The zero-order valence-electron chi connectivity index (χ0n) is 13.7. The molecule has 4 rings (SSSR count). The number of carbonyl (C=O) groups excluding carboxylic acids is 1. The molecule has 25 heavy (non-hydrogen) atoms. The van der Waals surface area contributed by atoms with Crippen LogP contribution in [-0.4, -0.2) is 18.0 Å². The van der Waals surface area contributed by atoms with Gasteiger partial charge in [-0.2, -0.15) is 0 Å². The molecule has 1 aromatic heterocycles. The summed E-state index contributed by atoms with van der Waals surface area (Å²) in [6, 6.07) is 15.3. The molecular weight excluding hydrogens is 314 g/mol. The van der Waals surface area contributed by atoms with Crippen LogP contribution in [0.25, 0.3) is 22.8 Å². The van der Waals surface area contributed by atoms with E-state index < -0.39 is 0 Å². The predicted molar refractivity (Wildman–Crippen MR) is 100 cm³/mol. The Kier molecular flexibility index (Phi) is 3.54. The lowest BCUT2D eigenvalue weighted by atomic mass is 9.93. The maximum atomic E-state index is 12.6. The number of carbonyl (C=O) groups is 1. The largest absolute Gasteiger partial charge is 0.495 e. The fourth-order valence-electron chi connectivity index (χ4n) is 3.16. The number of H-pyrrole nitrogens is 1. The first kappa shape index (κ1) is 15.1. The molecular formula is C20H17N3O2. The summed E-state index contributed by atoms with van der Waals surface area (Å²) in [5.74, 6) is 0.522. The third-order valence-electron chi connectivity index (χ3n) is 4.31. The molecule has 0 fully saturated rings. The van der Waals surface area contributed by atoms with Gasteiger partial charge in [-0.1, -0.05) is 30.3 Å². The maximum Gasteiger partial charge on any atom is 0.256 e. The van der Waals surface area contributed by atoms with E-state index in [2.05, 4.69) is 10.3 Å². The van der Waals surface area contributed by atoms with Gasteiger partial charge in [-0.05, 0) is 29.8 Å². The van der Waals surface area contributed by atoms with E-state index in [4.69, 9.17) is 10.5 Å². The van der Waals surface area contributed by atoms with Crippen LogP contribution in [0.1, 0.15) is 11.3 Å². The molecule has 4 N–H and O–H groups in total. The van der Waals surface area contributed by atoms with Crippen LogP contribution >= 0.6 is 0 Å². The van der Waals surface area contributed by atoms with Crippen molar-refractivity contribution in [2.75, 3.05) is 18.2 Å². The highest BCUT2D eigenvalue weighted by atomic mass is 16.5. The summed E-state index contributed by atoms with van der Waals surface area (Å²) in [5.41, 5.74) is 11.6. The number of fused-ring (bicyclic) bond motifs is 1. The lowest BCUT2D eigenvalue weighted by molar-refractivity contribution is -0.110. The third-order valence-corrected chi connectivity index (χ3v) is 4.31. The summed E-state index contributed by atoms with van der Waals surface area (Å²) in [7, 11) is 1.60. The Labute approximate surface area is 145 Å². The number of amides is 1. The van der Waals surface area contributed by atoms with Crippen LogP contribution < -0.4 is 15.8 Å². The molecule has 1 aliphatic rings. The van der Waals surface area contributed by atoms with Crippen LogP contribution in [-0.2, 0) is 4.79 Å².